The number of aliphatic imine (C=N–C) groups is 2. The second-order valence-electron chi connectivity index (χ2n) is 5.62. The SMILES string of the molecule is CCc1ccccc1-c1nc(N=C(N)/N=C(/C)N)c2ccccc2n1. The normalized spacial score (nSPS) is 12.6. The van der Waals surface area contributed by atoms with Gasteiger partial charge in [0.15, 0.2) is 11.6 Å². The third-order valence-corrected chi connectivity index (χ3v) is 3.73. The summed E-state index contributed by atoms with van der Waals surface area (Å²) >= 11 is 0. The van der Waals surface area contributed by atoms with Crippen LogP contribution >= 0.6 is 0 Å². The lowest BCUT2D eigenvalue weighted by Gasteiger charge is -2.09. The van der Waals surface area contributed by atoms with E-state index in [-0.39, 0.29) is 5.96 Å². The van der Waals surface area contributed by atoms with Gasteiger partial charge in [0.1, 0.15) is 0 Å². The minimum Gasteiger partial charge on any atom is -0.387 e. The molecule has 3 aromatic rings. The summed E-state index contributed by atoms with van der Waals surface area (Å²) in [5.41, 5.74) is 14.4. The summed E-state index contributed by atoms with van der Waals surface area (Å²) in [6, 6.07) is 15.8. The van der Waals surface area contributed by atoms with E-state index in [0.717, 1.165) is 22.9 Å². The van der Waals surface area contributed by atoms with E-state index in [9.17, 15) is 0 Å². The van der Waals surface area contributed by atoms with Gasteiger partial charge in [-0.05, 0) is 31.0 Å². The lowest BCUT2D eigenvalue weighted by atomic mass is 10.0. The quantitative estimate of drug-likeness (QED) is 0.568. The molecular formula is C19H20N6. The van der Waals surface area contributed by atoms with Crippen molar-refractivity contribution >= 4 is 28.5 Å². The molecule has 0 unspecified atom stereocenters. The lowest BCUT2D eigenvalue weighted by molar-refractivity contribution is 1.12. The Hall–Kier alpha value is -3.28. The van der Waals surface area contributed by atoms with Gasteiger partial charge in [0.25, 0.3) is 0 Å². The van der Waals surface area contributed by atoms with Gasteiger partial charge in [0, 0.05) is 10.9 Å². The van der Waals surface area contributed by atoms with Crippen molar-refractivity contribution in [1.82, 2.24) is 9.97 Å². The Morgan fingerprint density at radius 3 is 2.48 bits per heavy atom. The van der Waals surface area contributed by atoms with Crippen molar-refractivity contribution in [2.75, 3.05) is 0 Å². The van der Waals surface area contributed by atoms with Gasteiger partial charge >= 0.3 is 0 Å². The van der Waals surface area contributed by atoms with Crippen LogP contribution < -0.4 is 11.5 Å². The largest absolute Gasteiger partial charge is 0.387 e. The number of fused-ring (bicyclic) bond motifs is 1. The summed E-state index contributed by atoms with van der Waals surface area (Å²) in [6.45, 7) is 3.76. The topological polar surface area (TPSA) is 103 Å². The van der Waals surface area contributed by atoms with E-state index in [0.29, 0.717) is 17.5 Å². The van der Waals surface area contributed by atoms with Crippen LogP contribution in [-0.2, 0) is 6.42 Å². The van der Waals surface area contributed by atoms with Crippen molar-refractivity contribution in [2.45, 2.75) is 20.3 Å². The number of guanidine groups is 1. The molecular weight excluding hydrogens is 312 g/mol. The average Bonchev–Trinajstić information content (AvgIpc) is 2.60. The number of nitrogens with zero attached hydrogens (tertiary/aromatic N) is 4. The van der Waals surface area contributed by atoms with Crippen LogP contribution in [-0.4, -0.2) is 21.8 Å². The number of amidine groups is 1. The van der Waals surface area contributed by atoms with Crippen LogP contribution in [0.5, 0.6) is 0 Å². The van der Waals surface area contributed by atoms with Gasteiger partial charge in [-0.15, -0.1) is 0 Å². The fraction of sp³-hybridized carbons (Fsp3) is 0.158. The molecule has 0 aliphatic rings. The molecule has 0 radical (unpaired) electrons. The van der Waals surface area contributed by atoms with Gasteiger partial charge in [-0.2, -0.15) is 4.99 Å². The summed E-state index contributed by atoms with van der Waals surface area (Å²) in [6.07, 6.45) is 0.893. The van der Waals surface area contributed by atoms with Crippen LogP contribution in [0.1, 0.15) is 19.4 Å². The third kappa shape index (κ3) is 3.63. The maximum Gasteiger partial charge on any atom is 0.223 e. The van der Waals surface area contributed by atoms with Gasteiger partial charge in [-0.3, -0.25) is 0 Å². The van der Waals surface area contributed by atoms with Crippen molar-refractivity contribution in [1.29, 1.82) is 0 Å². The van der Waals surface area contributed by atoms with Gasteiger partial charge < -0.3 is 11.5 Å². The Morgan fingerprint density at radius 2 is 1.72 bits per heavy atom. The van der Waals surface area contributed by atoms with Gasteiger partial charge in [0.05, 0.1) is 11.4 Å². The van der Waals surface area contributed by atoms with Crippen LogP contribution in [0.25, 0.3) is 22.3 Å². The van der Waals surface area contributed by atoms with Crippen molar-refractivity contribution in [2.24, 2.45) is 21.5 Å². The molecule has 0 spiro atoms. The Kier molecular flexibility index (Phi) is 4.70. The Morgan fingerprint density at radius 1 is 1.00 bits per heavy atom. The molecule has 3 rings (SSSR count). The summed E-state index contributed by atoms with van der Waals surface area (Å²) in [4.78, 5) is 17.7. The first kappa shape index (κ1) is 16.6. The molecule has 0 amide bonds. The smallest absolute Gasteiger partial charge is 0.223 e. The predicted octanol–water partition coefficient (Wildman–Crippen LogP) is 3.18. The number of benzene rings is 2. The van der Waals surface area contributed by atoms with Crippen LogP contribution in [0.2, 0.25) is 0 Å². The van der Waals surface area contributed by atoms with E-state index in [4.69, 9.17) is 16.5 Å². The summed E-state index contributed by atoms with van der Waals surface area (Å²) < 4.78 is 0. The third-order valence-electron chi connectivity index (χ3n) is 3.73. The minimum atomic E-state index is 0.0681. The standard InChI is InChI=1S/C19H20N6/c1-3-13-8-4-5-9-14(13)17-23-16-11-7-6-10-15(16)18(24-17)25-19(21)22-12(2)20/h4-11H,3H2,1-2H3,(H4,20,21,22,23,24,25). The van der Waals surface area contributed by atoms with Crippen molar-refractivity contribution in [3.8, 4) is 11.4 Å². The Balaban J connectivity index is 2.24. The van der Waals surface area contributed by atoms with E-state index in [2.05, 4.69) is 28.0 Å². The molecule has 1 heterocycles. The molecule has 4 N–H and O–H groups in total. The fourth-order valence-corrected chi connectivity index (χ4v) is 2.63. The molecule has 0 saturated carbocycles. The molecule has 0 aliphatic heterocycles. The lowest BCUT2D eigenvalue weighted by Crippen LogP contribution is -2.15. The number of aryl methyl sites for hydroxylation is 1. The highest BCUT2D eigenvalue weighted by molar-refractivity contribution is 5.97. The average molecular weight is 332 g/mol. The number of nitrogens with two attached hydrogens (primary N) is 2. The predicted molar refractivity (Wildman–Crippen MR) is 103 cm³/mol. The van der Waals surface area contributed by atoms with E-state index < -0.39 is 0 Å². The molecule has 0 bridgehead atoms. The highest BCUT2D eigenvalue weighted by Crippen LogP contribution is 2.28. The number of para-hydroxylation sites is 1. The Labute approximate surface area is 146 Å². The molecule has 126 valence electrons. The zero-order chi connectivity index (χ0) is 17.8. The first-order chi connectivity index (χ1) is 12.1. The maximum absolute atomic E-state index is 5.86. The molecule has 2 aromatic carbocycles. The zero-order valence-corrected chi connectivity index (χ0v) is 14.3. The second kappa shape index (κ2) is 7.09. The van der Waals surface area contributed by atoms with Crippen molar-refractivity contribution in [3.63, 3.8) is 0 Å². The maximum atomic E-state index is 5.86. The van der Waals surface area contributed by atoms with Crippen LogP contribution in [0.4, 0.5) is 5.82 Å². The van der Waals surface area contributed by atoms with E-state index in [1.807, 2.05) is 42.5 Å². The van der Waals surface area contributed by atoms with Crippen LogP contribution in [0, 0.1) is 0 Å². The first-order valence-corrected chi connectivity index (χ1v) is 8.08. The first-order valence-electron chi connectivity index (χ1n) is 8.08. The van der Waals surface area contributed by atoms with Crippen LogP contribution in [0.15, 0.2) is 58.5 Å². The monoisotopic (exact) mass is 332 g/mol. The molecule has 0 saturated heterocycles. The number of hydrogen-bond acceptors (Lipinski definition) is 3. The van der Waals surface area contributed by atoms with Crippen LogP contribution in [0.3, 0.4) is 0 Å². The van der Waals surface area contributed by atoms with Gasteiger partial charge in [-0.1, -0.05) is 43.3 Å². The number of rotatable bonds is 3. The van der Waals surface area contributed by atoms with E-state index in [1.165, 1.54) is 5.56 Å². The number of aromatic nitrogens is 2. The van der Waals surface area contributed by atoms with Gasteiger partial charge in [-0.25, -0.2) is 15.0 Å². The zero-order valence-electron chi connectivity index (χ0n) is 14.3. The van der Waals surface area contributed by atoms with E-state index in [1.54, 1.807) is 6.92 Å². The summed E-state index contributed by atoms with van der Waals surface area (Å²) in [7, 11) is 0. The Bertz CT molecular complexity index is 971. The molecule has 1 aromatic heterocycles. The van der Waals surface area contributed by atoms with Crippen molar-refractivity contribution < 1.29 is 0 Å². The van der Waals surface area contributed by atoms with Gasteiger partial charge in [0.2, 0.25) is 5.96 Å². The van der Waals surface area contributed by atoms with Crippen molar-refractivity contribution in [3.05, 3.63) is 54.1 Å². The highest BCUT2D eigenvalue weighted by atomic mass is 15.1. The highest BCUT2D eigenvalue weighted by Gasteiger charge is 2.11. The molecule has 6 nitrogen and oxygen atoms in total. The number of hydrogen-bond donors (Lipinski definition) is 2. The summed E-state index contributed by atoms with van der Waals surface area (Å²) in [5.74, 6) is 1.51. The van der Waals surface area contributed by atoms with E-state index >= 15 is 0 Å². The summed E-state index contributed by atoms with van der Waals surface area (Å²) in [5, 5.41) is 0.813. The molecule has 6 heteroatoms. The molecule has 0 fully saturated rings. The molecule has 0 aliphatic carbocycles. The fourth-order valence-electron chi connectivity index (χ4n) is 2.63. The molecule has 0 atom stereocenters. The second-order valence-corrected chi connectivity index (χ2v) is 5.62. The minimum absolute atomic E-state index is 0.0681. The molecule has 25 heavy (non-hydrogen) atoms.